The van der Waals surface area contributed by atoms with Gasteiger partial charge in [0, 0.05) is 31.4 Å². The smallest absolute Gasteiger partial charge is 0.249 e. The molecule has 4 nitrogen and oxygen atoms in total. The lowest BCUT2D eigenvalue weighted by Gasteiger charge is -2.28. The molecule has 19 heavy (non-hydrogen) atoms. The van der Waals surface area contributed by atoms with Crippen LogP contribution in [-0.4, -0.2) is 25.2 Å². The van der Waals surface area contributed by atoms with E-state index < -0.39 is 0 Å². The van der Waals surface area contributed by atoms with Crippen molar-refractivity contribution < 1.29 is 9.53 Å². The second-order valence-corrected chi connectivity index (χ2v) is 5.14. The van der Waals surface area contributed by atoms with Crippen molar-refractivity contribution in [3.05, 3.63) is 35.4 Å². The molecule has 1 atom stereocenters. The standard InChI is InChI=1S/C15H22N2O2/c1-11(12-6-8-19-9-7-12)17-10-13-4-2-3-5-14(13)15(16)18/h2-5,11-12,17H,6-10H2,1H3,(H2,16,18). The number of benzene rings is 1. The summed E-state index contributed by atoms with van der Waals surface area (Å²) in [6, 6.07) is 7.92. The Morgan fingerprint density at radius 1 is 1.42 bits per heavy atom. The number of carbonyl (C=O) groups is 1. The Kier molecular flexibility index (Phi) is 4.93. The molecule has 0 aliphatic carbocycles. The minimum absolute atomic E-state index is 0.365. The largest absolute Gasteiger partial charge is 0.381 e. The topological polar surface area (TPSA) is 64.3 Å². The molecule has 0 bridgehead atoms. The maximum atomic E-state index is 11.3. The fraction of sp³-hybridized carbons (Fsp3) is 0.533. The summed E-state index contributed by atoms with van der Waals surface area (Å²) < 4.78 is 5.37. The maximum absolute atomic E-state index is 11.3. The number of ether oxygens (including phenoxy) is 1. The van der Waals surface area contributed by atoms with Gasteiger partial charge < -0.3 is 15.8 Å². The normalized spacial score (nSPS) is 18.2. The van der Waals surface area contributed by atoms with Crippen LogP contribution in [0, 0.1) is 5.92 Å². The summed E-state index contributed by atoms with van der Waals surface area (Å²) in [4.78, 5) is 11.3. The van der Waals surface area contributed by atoms with Crippen molar-refractivity contribution in [1.29, 1.82) is 0 Å². The first kappa shape index (κ1) is 14.0. The summed E-state index contributed by atoms with van der Waals surface area (Å²) in [6.45, 7) is 4.59. The van der Waals surface area contributed by atoms with Crippen LogP contribution < -0.4 is 11.1 Å². The molecule has 1 aromatic rings. The zero-order valence-corrected chi connectivity index (χ0v) is 11.4. The molecule has 1 unspecified atom stereocenters. The van der Waals surface area contributed by atoms with Crippen molar-refractivity contribution in [3.8, 4) is 0 Å². The fourth-order valence-corrected chi connectivity index (χ4v) is 2.57. The third-order valence-electron chi connectivity index (χ3n) is 3.87. The first-order chi connectivity index (χ1) is 9.18. The summed E-state index contributed by atoms with van der Waals surface area (Å²) in [6.07, 6.45) is 2.21. The fourth-order valence-electron chi connectivity index (χ4n) is 2.57. The molecule has 1 aliphatic heterocycles. The minimum Gasteiger partial charge on any atom is -0.381 e. The number of hydrogen-bond acceptors (Lipinski definition) is 3. The molecule has 1 saturated heterocycles. The van der Waals surface area contributed by atoms with E-state index >= 15 is 0 Å². The molecule has 1 fully saturated rings. The number of rotatable bonds is 5. The van der Waals surface area contributed by atoms with Crippen LogP contribution >= 0.6 is 0 Å². The summed E-state index contributed by atoms with van der Waals surface area (Å²) in [7, 11) is 0. The molecular weight excluding hydrogens is 240 g/mol. The van der Waals surface area contributed by atoms with E-state index in [1.807, 2.05) is 18.2 Å². The number of amides is 1. The third-order valence-corrected chi connectivity index (χ3v) is 3.87. The molecular formula is C15H22N2O2. The van der Waals surface area contributed by atoms with Gasteiger partial charge in [0.15, 0.2) is 0 Å². The van der Waals surface area contributed by atoms with Crippen molar-refractivity contribution in [2.75, 3.05) is 13.2 Å². The van der Waals surface area contributed by atoms with Gasteiger partial charge in [0.05, 0.1) is 0 Å². The number of primary amides is 1. The molecule has 0 aromatic heterocycles. The Labute approximate surface area is 114 Å². The minimum atomic E-state index is -0.365. The van der Waals surface area contributed by atoms with Crippen LogP contribution in [0.3, 0.4) is 0 Å². The Morgan fingerprint density at radius 3 is 2.79 bits per heavy atom. The second kappa shape index (κ2) is 6.68. The van der Waals surface area contributed by atoms with E-state index in [1.54, 1.807) is 6.07 Å². The highest BCUT2D eigenvalue weighted by molar-refractivity contribution is 5.94. The highest BCUT2D eigenvalue weighted by atomic mass is 16.5. The Hall–Kier alpha value is -1.39. The summed E-state index contributed by atoms with van der Waals surface area (Å²) in [5.74, 6) is 0.283. The molecule has 0 spiro atoms. The lowest BCUT2D eigenvalue weighted by atomic mass is 9.92. The Morgan fingerprint density at radius 2 is 2.11 bits per heavy atom. The number of nitrogens with two attached hydrogens (primary N) is 1. The average molecular weight is 262 g/mol. The molecule has 104 valence electrons. The van der Waals surface area contributed by atoms with Gasteiger partial charge in [-0.15, -0.1) is 0 Å². The predicted octanol–water partition coefficient (Wildman–Crippen LogP) is 1.69. The van der Waals surface area contributed by atoms with Crippen molar-refractivity contribution in [2.45, 2.75) is 32.4 Å². The predicted molar refractivity (Wildman–Crippen MR) is 74.8 cm³/mol. The quantitative estimate of drug-likeness (QED) is 0.848. The van der Waals surface area contributed by atoms with E-state index in [-0.39, 0.29) is 5.91 Å². The monoisotopic (exact) mass is 262 g/mol. The van der Waals surface area contributed by atoms with Crippen LogP contribution in [0.5, 0.6) is 0 Å². The van der Waals surface area contributed by atoms with Crippen molar-refractivity contribution in [2.24, 2.45) is 11.7 Å². The average Bonchev–Trinajstić information content (AvgIpc) is 2.46. The van der Waals surface area contributed by atoms with Gasteiger partial charge >= 0.3 is 0 Å². The van der Waals surface area contributed by atoms with Gasteiger partial charge in [-0.2, -0.15) is 0 Å². The van der Waals surface area contributed by atoms with E-state index in [9.17, 15) is 4.79 Å². The van der Waals surface area contributed by atoms with E-state index in [1.165, 1.54) is 0 Å². The van der Waals surface area contributed by atoms with Crippen LogP contribution in [0.1, 0.15) is 35.7 Å². The molecule has 4 heteroatoms. The summed E-state index contributed by atoms with van der Waals surface area (Å²) in [5, 5.41) is 3.50. The SMILES string of the molecule is CC(NCc1ccccc1C(N)=O)C1CCOCC1. The van der Waals surface area contributed by atoms with Crippen LogP contribution in [0.15, 0.2) is 24.3 Å². The van der Waals surface area contributed by atoms with Gasteiger partial charge in [-0.25, -0.2) is 0 Å². The van der Waals surface area contributed by atoms with E-state index in [2.05, 4.69) is 12.2 Å². The highest BCUT2D eigenvalue weighted by Crippen LogP contribution is 2.19. The molecule has 1 amide bonds. The van der Waals surface area contributed by atoms with Gasteiger partial charge in [0.2, 0.25) is 5.91 Å². The summed E-state index contributed by atoms with van der Waals surface area (Å²) in [5.41, 5.74) is 6.95. The molecule has 0 radical (unpaired) electrons. The van der Waals surface area contributed by atoms with Crippen LogP contribution in [-0.2, 0) is 11.3 Å². The number of carbonyl (C=O) groups excluding carboxylic acids is 1. The van der Waals surface area contributed by atoms with Crippen LogP contribution in [0.2, 0.25) is 0 Å². The van der Waals surface area contributed by atoms with Gasteiger partial charge in [-0.1, -0.05) is 18.2 Å². The molecule has 3 N–H and O–H groups in total. The van der Waals surface area contributed by atoms with E-state index in [0.29, 0.717) is 24.1 Å². The van der Waals surface area contributed by atoms with Crippen molar-refractivity contribution in [3.63, 3.8) is 0 Å². The van der Waals surface area contributed by atoms with E-state index in [4.69, 9.17) is 10.5 Å². The van der Waals surface area contributed by atoms with Gasteiger partial charge in [0.1, 0.15) is 0 Å². The van der Waals surface area contributed by atoms with Gasteiger partial charge in [-0.05, 0) is 37.3 Å². The van der Waals surface area contributed by atoms with Crippen molar-refractivity contribution in [1.82, 2.24) is 5.32 Å². The first-order valence-corrected chi connectivity index (χ1v) is 6.87. The third kappa shape index (κ3) is 3.78. The Balaban J connectivity index is 1.92. The molecule has 1 heterocycles. The highest BCUT2D eigenvalue weighted by Gasteiger charge is 2.20. The first-order valence-electron chi connectivity index (χ1n) is 6.87. The maximum Gasteiger partial charge on any atom is 0.249 e. The lowest BCUT2D eigenvalue weighted by Crippen LogP contribution is -2.36. The van der Waals surface area contributed by atoms with Crippen LogP contribution in [0.25, 0.3) is 0 Å². The number of hydrogen-bond donors (Lipinski definition) is 2. The zero-order valence-electron chi connectivity index (χ0n) is 11.4. The molecule has 1 aliphatic rings. The molecule has 0 saturated carbocycles. The van der Waals surface area contributed by atoms with Crippen molar-refractivity contribution >= 4 is 5.91 Å². The Bertz CT molecular complexity index is 428. The van der Waals surface area contributed by atoms with Crippen LogP contribution in [0.4, 0.5) is 0 Å². The molecule has 2 rings (SSSR count). The lowest BCUT2D eigenvalue weighted by molar-refractivity contribution is 0.0558. The van der Waals surface area contributed by atoms with E-state index in [0.717, 1.165) is 31.6 Å². The summed E-state index contributed by atoms with van der Waals surface area (Å²) >= 11 is 0. The second-order valence-electron chi connectivity index (χ2n) is 5.14. The molecule has 1 aromatic carbocycles. The van der Waals surface area contributed by atoms with Gasteiger partial charge in [0.25, 0.3) is 0 Å². The zero-order chi connectivity index (χ0) is 13.7. The van der Waals surface area contributed by atoms with Gasteiger partial charge in [-0.3, -0.25) is 4.79 Å². The number of nitrogens with one attached hydrogen (secondary N) is 1.